The Morgan fingerprint density at radius 2 is 0.796 bits per heavy atom. The van der Waals surface area contributed by atoms with Gasteiger partial charge in [-0.3, -0.25) is 0 Å². The molecule has 0 fully saturated rings. The first-order valence-electron chi connectivity index (χ1n) is 18.5. The summed E-state index contributed by atoms with van der Waals surface area (Å²) >= 11 is 0. The van der Waals surface area contributed by atoms with Gasteiger partial charge in [-0.25, -0.2) is 0 Å². The van der Waals surface area contributed by atoms with Crippen LogP contribution in [-0.4, -0.2) is 4.57 Å². The van der Waals surface area contributed by atoms with Crippen LogP contribution < -0.4 is 4.90 Å². The summed E-state index contributed by atoms with van der Waals surface area (Å²) in [6.45, 7) is 0. The molecular weight excluding hydrogens is 653 g/mol. The van der Waals surface area contributed by atoms with Gasteiger partial charge in [0.15, 0.2) is 0 Å². The quantitative estimate of drug-likeness (QED) is 0.162. The minimum Gasteiger partial charge on any atom is -0.310 e. The number of rotatable bonds is 7. The Balaban J connectivity index is 1.08. The van der Waals surface area contributed by atoms with E-state index in [2.05, 4.69) is 228 Å². The van der Waals surface area contributed by atoms with Crippen molar-refractivity contribution in [2.75, 3.05) is 4.90 Å². The van der Waals surface area contributed by atoms with E-state index in [1.54, 1.807) is 0 Å². The lowest BCUT2D eigenvalue weighted by molar-refractivity contribution is 1.17. The molecule has 0 saturated carbocycles. The van der Waals surface area contributed by atoms with Crippen molar-refractivity contribution >= 4 is 49.6 Å². The van der Waals surface area contributed by atoms with Gasteiger partial charge in [-0.05, 0) is 99.3 Å². The molecule has 10 aromatic rings. The van der Waals surface area contributed by atoms with E-state index in [0.717, 1.165) is 22.7 Å². The molecule has 0 N–H and O–H groups in total. The van der Waals surface area contributed by atoms with Crippen molar-refractivity contribution in [2.45, 2.75) is 0 Å². The van der Waals surface area contributed by atoms with E-state index < -0.39 is 0 Å². The molecule has 0 atom stereocenters. The molecule has 0 amide bonds. The maximum atomic E-state index is 2.40. The lowest BCUT2D eigenvalue weighted by Gasteiger charge is -2.28. The Bertz CT molecular complexity index is 2890. The summed E-state index contributed by atoms with van der Waals surface area (Å²) in [5, 5.41) is 5.02. The van der Waals surface area contributed by atoms with Crippen molar-refractivity contribution in [2.24, 2.45) is 0 Å². The number of nitrogens with zero attached hydrogens (tertiary/aromatic N) is 2. The first-order valence-corrected chi connectivity index (χ1v) is 18.5. The number of hydrogen-bond acceptors (Lipinski definition) is 1. The SMILES string of the molecule is c1ccc(-c2ccc(-c3ccc(N(c4ccc(-n5c6ccccc6c6cc7ccccc7cc65)cc4)c4ccccc4-c4ccccc4)cc3)cc2)cc1. The summed E-state index contributed by atoms with van der Waals surface area (Å²) < 4.78 is 2.40. The average molecular weight is 689 g/mol. The molecule has 9 aromatic carbocycles. The second kappa shape index (κ2) is 13.4. The molecule has 1 heterocycles. The minimum atomic E-state index is 1.09. The fourth-order valence-electron chi connectivity index (χ4n) is 7.93. The monoisotopic (exact) mass is 688 g/mol. The highest BCUT2D eigenvalue weighted by atomic mass is 15.1. The Hall–Kier alpha value is -7.16. The smallest absolute Gasteiger partial charge is 0.0547 e. The molecule has 0 radical (unpaired) electrons. The number of para-hydroxylation sites is 2. The van der Waals surface area contributed by atoms with E-state index in [4.69, 9.17) is 0 Å². The lowest BCUT2D eigenvalue weighted by atomic mass is 9.99. The van der Waals surface area contributed by atoms with Crippen molar-refractivity contribution in [3.8, 4) is 39.1 Å². The van der Waals surface area contributed by atoms with E-state index in [1.165, 1.54) is 66.0 Å². The molecule has 0 spiro atoms. The molecule has 1 aromatic heterocycles. The van der Waals surface area contributed by atoms with Crippen LogP contribution in [0.15, 0.2) is 218 Å². The molecule has 10 rings (SSSR count). The number of hydrogen-bond donors (Lipinski definition) is 0. The van der Waals surface area contributed by atoms with Gasteiger partial charge in [0.25, 0.3) is 0 Å². The molecule has 0 aliphatic carbocycles. The summed E-state index contributed by atoms with van der Waals surface area (Å²) in [7, 11) is 0. The number of aromatic nitrogens is 1. The molecule has 54 heavy (non-hydrogen) atoms. The normalized spacial score (nSPS) is 11.3. The van der Waals surface area contributed by atoms with E-state index >= 15 is 0 Å². The fraction of sp³-hybridized carbons (Fsp3) is 0. The van der Waals surface area contributed by atoms with Crippen molar-refractivity contribution < 1.29 is 0 Å². The standard InChI is InChI=1S/C52H36N2/c1-3-13-37(14-4-1)38-23-25-39(26-24-38)40-27-29-44(30-28-40)53(50-21-11-9-19-47(50)41-15-5-2-6-16-41)45-31-33-46(34-32-45)54-51-22-12-10-20-48(51)49-35-42-17-7-8-18-43(42)36-52(49)54/h1-36H. The van der Waals surface area contributed by atoms with Crippen LogP contribution >= 0.6 is 0 Å². The highest BCUT2D eigenvalue weighted by Crippen LogP contribution is 2.42. The van der Waals surface area contributed by atoms with Gasteiger partial charge in [0, 0.05) is 33.4 Å². The number of fused-ring (bicyclic) bond motifs is 4. The Labute approximate surface area is 315 Å². The molecule has 0 unspecified atom stereocenters. The highest BCUT2D eigenvalue weighted by Gasteiger charge is 2.19. The van der Waals surface area contributed by atoms with Gasteiger partial charge in [-0.15, -0.1) is 0 Å². The van der Waals surface area contributed by atoms with Crippen LogP contribution in [0.2, 0.25) is 0 Å². The molecule has 0 saturated heterocycles. The van der Waals surface area contributed by atoms with Crippen LogP contribution in [0.1, 0.15) is 0 Å². The zero-order valence-electron chi connectivity index (χ0n) is 29.7. The van der Waals surface area contributed by atoms with Gasteiger partial charge < -0.3 is 9.47 Å². The predicted octanol–water partition coefficient (Wildman–Crippen LogP) is 14.4. The predicted molar refractivity (Wildman–Crippen MR) is 229 cm³/mol. The van der Waals surface area contributed by atoms with Crippen LogP contribution in [0, 0.1) is 0 Å². The molecule has 0 aliphatic heterocycles. The third kappa shape index (κ3) is 5.62. The van der Waals surface area contributed by atoms with Crippen molar-refractivity contribution in [1.29, 1.82) is 0 Å². The van der Waals surface area contributed by atoms with Crippen LogP contribution in [0.5, 0.6) is 0 Å². The zero-order valence-corrected chi connectivity index (χ0v) is 29.7. The largest absolute Gasteiger partial charge is 0.310 e. The molecule has 0 aliphatic rings. The molecule has 2 nitrogen and oxygen atoms in total. The second-order valence-corrected chi connectivity index (χ2v) is 13.8. The third-order valence-corrected chi connectivity index (χ3v) is 10.6. The van der Waals surface area contributed by atoms with E-state index in [9.17, 15) is 0 Å². The van der Waals surface area contributed by atoms with E-state index in [0.29, 0.717) is 0 Å². The van der Waals surface area contributed by atoms with Crippen molar-refractivity contribution in [3.63, 3.8) is 0 Å². The zero-order chi connectivity index (χ0) is 35.8. The molecule has 0 bridgehead atoms. The van der Waals surface area contributed by atoms with Crippen LogP contribution in [0.4, 0.5) is 17.1 Å². The highest BCUT2D eigenvalue weighted by molar-refractivity contribution is 6.13. The second-order valence-electron chi connectivity index (χ2n) is 13.8. The fourth-order valence-corrected chi connectivity index (χ4v) is 7.93. The molecule has 254 valence electrons. The first kappa shape index (κ1) is 31.6. The van der Waals surface area contributed by atoms with E-state index in [-0.39, 0.29) is 0 Å². The van der Waals surface area contributed by atoms with Gasteiger partial charge in [0.2, 0.25) is 0 Å². The number of anilines is 3. The molecule has 2 heteroatoms. The third-order valence-electron chi connectivity index (χ3n) is 10.6. The van der Waals surface area contributed by atoms with Gasteiger partial charge >= 0.3 is 0 Å². The van der Waals surface area contributed by atoms with E-state index in [1.807, 2.05) is 0 Å². The van der Waals surface area contributed by atoms with Gasteiger partial charge in [-0.2, -0.15) is 0 Å². The van der Waals surface area contributed by atoms with Crippen molar-refractivity contribution in [1.82, 2.24) is 4.57 Å². The summed E-state index contributed by atoms with van der Waals surface area (Å²) in [6, 6.07) is 78.8. The lowest BCUT2D eigenvalue weighted by Crippen LogP contribution is -2.11. The van der Waals surface area contributed by atoms with Gasteiger partial charge in [0.05, 0.1) is 16.7 Å². The minimum absolute atomic E-state index is 1.09. The van der Waals surface area contributed by atoms with Crippen LogP contribution in [0.3, 0.4) is 0 Å². The van der Waals surface area contributed by atoms with Gasteiger partial charge in [0.1, 0.15) is 0 Å². The Morgan fingerprint density at radius 1 is 0.315 bits per heavy atom. The average Bonchev–Trinajstić information content (AvgIpc) is 3.57. The van der Waals surface area contributed by atoms with Crippen LogP contribution in [-0.2, 0) is 0 Å². The summed E-state index contributed by atoms with van der Waals surface area (Å²) in [6.07, 6.45) is 0. The van der Waals surface area contributed by atoms with Crippen LogP contribution in [0.25, 0.3) is 71.6 Å². The van der Waals surface area contributed by atoms with Gasteiger partial charge in [-0.1, -0.05) is 158 Å². The summed E-state index contributed by atoms with van der Waals surface area (Å²) in [4.78, 5) is 2.38. The number of benzene rings is 9. The Kier molecular flexibility index (Phi) is 7.85. The summed E-state index contributed by atoms with van der Waals surface area (Å²) in [5.74, 6) is 0. The maximum absolute atomic E-state index is 2.40. The van der Waals surface area contributed by atoms with Crippen molar-refractivity contribution in [3.05, 3.63) is 218 Å². The molecular formula is C52H36N2. The first-order chi connectivity index (χ1) is 26.8. The Morgan fingerprint density at radius 3 is 1.46 bits per heavy atom. The topological polar surface area (TPSA) is 8.17 Å². The maximum Gasteiger partial charge on any atom is 0.0547 e. The summed E-state index contributed by atoms with van der Waals surface area (Å²) in [5.41, 5.74) is 14.0.